The molecule has 0 bridgehead atoms. The summed E-state index contributed by atoms with van der Waals surface area (Å²) in [6.07, 6.45) is 0. The number of aryl methyl sites for hydroxylation is 1. The molecule has 59 heavy (non-hydrogen) atoms. The van der Waals surface area contributed by atoms with E-state index >= 15 is 0 Å². The van der Waals surface area contributed by atoms with Gasteiger partial charge in [0.25, 0.3) is 20.2 Å². The zero-order chi connectivity index (χ0) is 45.7. The predicted octanol–water partition coefficient (Wildman–Crippen LogP) is -0.174. The number of anilines is 5. The van der Waals surface area contributed by atoms with Crippen LogP contribution in [0.25, 0.3) is 10.8 Å². The zero-order valence-corrected chi connectivity index (χ0v) is 35.0. The van der Waals surface area contributed by atoms with Gasteiger partial charge in [0.05, 0.1) is 69.8 Å². The van der Waals surface area contributed by atoms with E-state index in [0.29, 0.717) is 11.3 Å². The van der Waals surface area contributed by atoms with Gasteiger partial charge in [-0.05, 0) is 60.3 Å². The number of hydrogen-bond acceptors (Lipinski definition) is 21. The van der Waals surface area contributed by atoms with E-state index in [1.165, 1.54) is 43.5 Å². The number of hydrogen-bond donors (Lipinski definition) is 10. The number of nitrogens with two attached hydrogens (primary N) is 5. The van der Waals surface area contributed by atoms with Crippen LogP contribution in [0.5, 0.6) is 11.5 Å². The minimum absolute atomic E-state index is 0.00522. The fraction of sp³-hybridized carbons (Fsp3) is 0.214. The second kappa shape index (κ2) is 18.6. The highest BCUT2D eigenvalue weighted by atomic mass is 32.3. The van der Waals surface area contributed by atoms with E-state index in [-0.39, 0.29) is 32.0 Å². The molecule has 0 radical (unpaired) electrons. The first-order valence-corrected chi connectivity index (χ1v) is 24.1. The van der Waals surface area contributed by atoms with E-state index in [2.05, 4.69) is 8.37 Å². The third-order valence-corrected chi connectivity index (χ3v) is 13.5. The molecule has 0 amide bonds. The maximum atomic E-state index is 12.1. The highest BCUT2D eigenvalue weighted by Crippen LogP contribution is 2.43. The Kier molecular flexibility index (Phi) is 15.9. The standard InChI is InChI=1S/C10H11N3O7S2.C10H15NO7S2.C8H11NO6S2/c11-7-4(21(15,16)17)1-3-2-5(22(18,19)20)8(12)10(14)6(3)9(7)13;1-7-5-8(11)9(17-2)6-10(7)19(12,13)4-3-18-20(14,15)16;9-7-1-3-8(4-2-7)16(10,11)6-5-15-17(12,13)14/h1-2,14H,11-13H2,(H,15,16,17)(H,18,19,20);5-6H,3-4,11H2,1-2H3,(H,14,15,16);1-4H,5-6,9H2,(H,12,13,14). The van der Waals surface area contributed by atoms with Crippen molar-refractivity contribution in [2.24, 2.45) is 0 Å². The summed E-state index contributed by atoms with van der Waals surface area (Å²) in [5.74, 6) is -1.77. The van der Waals surface area contributed by atoms with Crippen LogP contribution in [0.15, 0.2) is 68.1 Å². The smallest absolute Gasteiger partial charge is 0.397 e. The summed E-state index contributed by atoms with van der Waals surface area (Å²) < 4.78 is 181. The number of rotatable bonds is 13. The van der Waals surface area contributed by atoms with Crippen LogP contribution in [0.3, 0.4) is 0 Å². The summed E-state index contributed by atoms with van der Waals surface area (Å²) in [4.78, 5) is -1.65. The van der Waals surface area contributed by atoms with E-state index in [9.17, 15) is 55.6 Å². The van der Waals surface area contributed by atoms with Gasteiger partial charge < -0.3 is 38.5 Å². The zero-order valence-electron chi connectivity index (χ0n) is 30.1. The van der Waals surface area contributed by atoms with Crippen molar-refractivity contribution in [3.05, 3.63) is 54.1 Å². The van der Waals surface area contributed by atoms with E-state index in [4.69, 9.17) is 51.6 Å². The molecule has 330 valence electrons. The first-order valence-electron chi connectivity index (χ1n) is 15.2. The molecule has 0 saturated heterocycles. The van der Waals surface area contributed by atoms with Crippen molar-refractivity contribution >= 4 is 99.9 Å². The summed E-state index contributed by atoms with van der Waals surface area (Å²) in [7, 11) is -24.9. The molecule has 0 spiro atoms. The Bertz CT molecular complexity index is 2830. The fourth-order valence-corrected chi connectivity index (χ4v) is 9.16. The number of phenolic OH excluding ortho intramolecular Hbond substituents is 1. The predicted molar refractivity (Wildman–Crippen MR) is 211 cm³/mol. The lowest BCUT2D eigenvalue weighted by molar-refractivity contribution is 0.282. The molecule has 4 aromatic carbocycles. The van der Waals surface area contributed by atoms with Crippen LogP contribution in [0.2, 0.25) is 0 Å². The van der Waals surface area contributed by atoms with Gasteiger partial charge in [-0.15, -0.1) is 0 Å². The summed E-state index contributed by atoms with van der Waals surface area (Å²) in [5.41, 5.74) is 27.0. The largest absolute Gasteiger partial charge is 0.505 e. The second-order valence-corrected chi connectivity index (χ2v) is 20.6. The van der Waals surface area contributed by atoms with Gasteiger partial charge in [0.2, 0.25) is 0 Å². The molecule has 25 nitrogen and oxygen atoms in total. The Morgan fingerprint density at radius 2 is 1.02 bits per heavy atom. The molecular formula is C28H37N5O20S6. The third-order valence-electron chi connectivity index (χ3n) is 7.27. The quantitative estimate of drug-likeness (QED) is 0.0472. The van der Waals surface area contributed by atoms with Crippen LogP contribution in [0.1, 0.15) is 5.56 Å². The molecule has 0 saturated carbocycles. The number of methoxy groups -OCH3 is 1. The molecule has 4 rings (SSSR count). The number of phenols is 1. The Hall–Kier alpha value is -4.80. The van der Waals surface area contributed by atoms with Crippen LogP contribution < -0.4 is 33.4 Å². The summed E-state index contributed by atoms with van der Waals surface area (Å²) in [5, 5.41) is 9.53. The van der Waals surface area contributed by atoms with E-state index in [0.717, 1.165) is 12.1 Å². The Labute approximate surface area is 337 Å². The highest BCUT2D eigenvalue weighted by Gasteiger charge is 2.26. The van der Waals surface area contributed by atoms with Crippen LogP contribution in [0.4, 0.5) is 28.4 Å². The lowest BCUT2D eigenvalue weighted by atomic mass is 10.1. The molecule has 0 fully saturated rings. The Balaban J connectivity index is 0.000000308. The number of nitrogen functional groups attached to an aromatic ring is 5. The number of benzene rings is 4. The normalized spacial score (nSPS) is 12.5. The van der Waals surface area contributed by atoms with Crippen molar-refractivity contribution in [2.45, 2.75) is 26.5 Å². The number of fused-ring (bicyclic) bond motifs is 1. The van der Waals surface area contributed by atoms with Crippen LogP contribution in [-0.2, 0) is 69.1 Å². The maximum absolute atomic E-state index is 12.1. The fourth-order valence-electron chi connectivity index (χ4n) is 4.59. The highest BCUT2D eigenvalue weighted by molar-refractivity contribution is 7.91. The van der Waals surface area contributed by atoms with Gasteiger partial charge in [-0.1, -0.05) is 0 Å². The number of sulfone groups is 2. The van der Waals surface area contributed by atoms with Gasteiger partial charge in [0, 0.05) is 11.8 Å². The van der Waals surface area contributed by atoms with Crippen molar-refractivity contribution in [2.75, 3.05) is 60.5 Å². The summed E-state index contributed by atoms with van der Waals surface area (Å²) in [6.45, 7) is 0.213. The third kappa shape index (κ3) is 14.2. The van der Waals surface area contributed by atoms with E-state index in [1.807, 2.05) is 0 Å². The van der Waals surface area contributed by atoms with Gasteiger partial charge in [-0.3, -0.25) is 18.2 Å². The van der Waals surface area contributed by atoms with Crippen molar-refractivity contribution in [3.63, 3.8) is 0 Å². The van der Waals surface area contributed by atoms with E-state index < -0.39 is 118 Å². The number of aromatic hydroxyl groups is 1. The molecule has 31 heteroatoms. The Morgan fingerprint density at radius 1 is 0.576 bits per heavy atom. The van der Waals surface area contributed by atoms with Crippen LogP contribution in [-0.4, -0.2) is 106 Å². The van der Waals surface area contributed by atoms with Gasteiger partial charge in [0.15, 0.2) is 19.7 Å². The average Bonchev–Trinajstić information content (AvgIpc) is 3.06. The lowest BCUT2D eigenvalue weighted by Crippen LogP contribution is -2.16. The molecule has 0 aliphatic heterocycles. The molecule has 0 aromatic heterocycles. The number of ether oxygens (including phenoxy) is 1. The molecule has 0 unspecified atom stereocenters. The molecule has 0 atom stereocenters. The first kappa shape index (κ1) is 50.3. The molecule has 4 aromatic rings. The SMILES string of the molecule is COc1cc(S(=O)(=O)CCOS(=O)(=O)O)c(C)cc1N.Nc1c(S(=O)(=O)O)cc2cc(S(=O)(=O)O)c(N)c(O)c2c1N.Nc1ccc(S(=O)(=O)CCOS(=O)(=O)O)cc1. The van der Waals surface area contributed by atoms with Crippen molar-refractivity contribution in [1.29, 1.82) is 0 Å². The molecule has 0 heterocycles. The van der Waals surface area contributed by atoms with Gasteiger partial charge in [-0.25, -0.2) is 25.2 Å². The monoisotopic (exact) mass is 955 g/mol. The van der Waals surface area contributed by atoms with Crippen LogP contribution in [0, 0.1) is 6.92 Å². The topological polar surface area (TPSA) is 464 Å². The summed E-state index contributed by atoms with van der Waals surface area (Å²) in [6, 6.07) is 9.72. The molecule has 0 aliphatic carbocycles. The second-order valence-electron chi connectivity index (χ2n) is 11.5. The van der Waals surface area contributed by atoms with Crippen LogP contribution >= 0.6 is 0 Å². The van der Waals surface area contributed by atoms with Gasteiger partial charge in [0.1, 0.15) is 21.3 Å². The first-order chi connectivity index (χ1) is 26.6. The average molecular weight is 956 g/mol. The maximum Gasteiger partial charge on any atom is 0.397 e. The van der Waals surface area contributed by atoms with Gasteiger partial charge in [-0.2, -0.15) is 33.7 Å². The summed E-state index contributed by atoms with van der Waals surface area (Å²) >= 11 is 0. The molecule has 15 N–H and O–H groups in total. The van der Waals surface area contributed by atoms with Crippen molar-refractivity contribution < 1.29 is 86.9 Å². The minimum Gasteiger partial charge on any atom is -0.505 e. The molecule has 0 aliphatic rings. The van der Waals surface area contributed by atoms with E-state index in [1.54, 1.807) is 6.92 Å². The van der Waals surface area contributed by atoms with Gasteiger partial charge >= 0.3 is 20.8 Å². The molecular weight excluding hydrogens is 919 g/mol. The van der Waals surface area contributed by atoms with Crippen molar-refractivity contribution in [1.82, 2.24) is 0 Å². The van der Waals surface area contributed by atoms with Crippen molar-refractivity contribution in [3.8, 4) is 11.5 Å². The Morgan fingerprint density at radius 3 is 1.44 bits per heavy atom. The minimum atomic E-state index is -4.79. The lowest BCUT2D eigenvalue weighted by Gasteiger charge is -2.14.